The van der Waals surface area contributed by atoms with Gasteiger partial charge in [0.05, 0.1) is 5.71 Å². The summed E-state index contributed by atoms with van der Waals surface area (Å²) >= 11 is 0. The lowest BCUT2D eigenvalue weighted by atomic mass is 9.98. The number of ether oxygens (including phenoxy) is 2. The van der Waals surface area contributed by atoms with E-state index in [-0.39, 0.29) is 23.8 Å². The number of carbonyl (C=O) groups excluding carboxylic acids is 1. The molecule has 2 aromatic rings. The normalized spacial score (nSPS) is 14.9. The third kappa shape index (κ3) is 5.01. The molecule has 170 valence electrons. The largest absolute Gasteiger partial charge is 0.485 e. The Morgan fingerprint density at radius 3 is 2.56 bits per heavy atom. The molecular formula is C24H29N3O5. The van der Waals surface area contributed by atoms with Crippen molar-refractivity contribution >= 4 is 17.3 Å². The Hall–Kier alpha value is -3.55. The van der Waals surface area contributed by atoms with Crippen LogP contribution in [0.3, 0.4) is 0 Å². The minimum absolute atomic E-state index is 0.175. The number of hydrogen-bond donors (Lipinski definition) is 1. The van der Waals surface area contributed by atoms with E-state index in [1.165, 1.54) is 14.2 Å². The quantitative estimate of drug-likeness (QED) is 0.503. The van der Waals surface area contributed by atoms with E-state index in [9.17, 15) is 4.79 Å². The van der Waals surface area contributed by atoms with Crippen molar-refractivity contribution in [2.75, 3.05) is 21.3 Å². The number of carbonyl (C=O) groups is 1. The minimum Gasteiger partial charge on any atom is -0.485 e. The van der Waals surface area contributed by atoms with Crippen LogP contribution in [0.1, 0.15) is 43.0 Å². The predicted molar refractivity (Wildman–Crippen MR) is 122 cm³/mol. The van der Waals surface area contributed by atoms with Crippen LogP contribution in [0.2, 0.25) is 0 Å². The first-order valence-electron chi connectivity index (χ1n) is 10.3. The van der Waals surface area contributed by atoms with Gasteiger partial charge in [-0.15, -0.1) is 0 Å². The van der Waals surface area contributed by atoms with E-state index >= 15 is 0 Å². The van der Waals surface area contributed by atoms with Gasteiger partial charge in [-0.1, -0.05) is 34.6 Å². The maximum atomic E-state index is 12.3. The van der Waals surface area contributed by atoms with E-state index in [0.29, 0.717) is 11.3 Å². The molecule has 0 aromatic heterocycles. The van der Waals surface area contributed by atoms with Gasteiger partial charge in [-0.3, -0.25) is 4.79 Å². The van der Waals surface area contributed by atoms with Gasteiger partial charge < -0.3 is 24.5 Å². The summed E-state index contributed by atoms with van der Waals surface area (Å²) in [4.78, 5) is 22.2. The van der Waals surface area contributed by atoms with Crippen molar-refractivity contribution in [2.24, 2.45) is 10.3 Å². The molecule has 1 aliphatic rings. The zero-order valence-corrected chi connectivity index (χ0v) is 19.3. The third-order valence-electron chi connectivity index (χ3n) is 5.05. The molecule has 2 aromatic carbocycles. The number of amides is 1. The van der Waals surface area contributed by atoms with Crippen molar-refractivity contribution in [1.82, 2.24) is 5.32 Å². The second-order valence-electron chi connectivity index (χ2n) is 8.01. The van der Waals surface area contributed by atoms with Crippen LogP contribution in [-0.2, 0) is 27.5 Å². The monoisotopic (exact) mass is 439 g/mol. The van der Waals surface area contributed by atoms with Gasteiger partial charge in [0.25, 0.3) is 5.91 Å². The van der Waals surface area contributed by atoms with Gasteiger partial charge in [-0.2, -0.15) is 0 Å². The lowest BCUT2D eigenvalue weighted by Crippen LogP contribution is -2.29. The summed E-state index contributed by atoms with van der Waals surface area (Å²) in [7, 11) is 4.47. The van der Waals surface area contributed by atoms with Crippen LogP contribution >= 0.6 is 0 Å². The molecular weight excluding hydrogens is 410 g/mol. The fourth-order valence-electron chi connectivity index (χ4n) is 3.64. The van der Waals surface area contributed by atoms with Crippen molar-refractivity contribution < 1.29 is 23.9 Å². The first-order chi connectivity index (χ1) is 15.3. The van der Waals surface area contributed by atoms with Crippen molar-refractivity contribution in [3.63, 3.8) is 0 Å². The molecule has 8 nitrogen and oxygen atoms in total. The lowest BCUT2D eigenvalue weighted by molar-refractivity contribution is -0.114. The van der Waals surface area contributed by atoms with E-state index in [1.807, 2.05) is 51.1 Å². The summed E-state index contributed by atoms with van der Waals surface area (Å²) in [6.45, 7) is 6.16. The molecule has 1 aliphatic heterocycles. The highest BCUT2D eigenvalue weighted by Crippen LogP contribution is 2.43. The van der Waals surface area contributed by atoms with Gasteiger partial charge in [0, 0.05) is 30.2 Å². The SMILES string of the molecule is CNC(=O)/C(=N/OC)c1ccccc1COc1cc(C(C)=NOC)cc2c1OC(C)(C)C2. The first-order valence-corrected chi connectivity index (χ1v) is 10.3. The van der Waals surface area contributed by atoms with Gasteiger partial charge in [-0.05, 0) is 38.5 Å². The highest BCUT2D eigenvalue weighted by molar-refractivity contribution is 6.45. The topological polar surface area (TPSA) is 90.7 Å². The second-order valence-corrected chi connectivity index (χ2v) is 8.01. The molecule has 3 rings (SSSR count). The average Bonchev–Trinajstić information content (AvgIpc) is 3.09. The summed E-state index contributed by atoms with van der Waals surface area (Å²) in [5, 5.41) is 10.5. The molecule has 1 amide bonds. The van der Waals surface area contributed by atoms with Crippen LogP contribution in [0.4, 0.5) is 0 Å². The fourth-order valence-corrected chi connectivity index (χ4v) is 3.64. The van der Waals surface area contributed by atoms with Crippen LogP contribution in [0.15, 0.2) is 46.7 Å². The number of hydrogen-bond acceptors (Lipinski definition) is 7. The number of rotatable bonds is 8. The third-order valence-corrected chi connectivity index (χ3v) is 5.05. The molecule has 0 saturated carbocycles. The zero-order chi connectivity index (χ0) is 23.3. The molecule has 0 unspecified atom stereocenters. The van der Waals surface area contributed by atoms with E-state index in [0.717, 1.165) is 34.6 Å². The van der Waals surface area contributed by atoms with Gasteiger partial charge >= 0.3 is 0 Å². The Morgan fingerprint density at radius 1 is 1.16 bits per heavy atom. The zero-order valence-electron chi connectivity index (χ0n) is 19.3. The Labute approximate surface area is 188 Å². The molecule has 0 radical (unpaired) electrons. The number of benzene rings is 2. The Bertz CT molecular complexity index is 1060. The van der Waals surface area contributed by atoms with E-state index in [4.69, 9.17) is 19.1 Å². The Kier molecular flexibility index (Phi) is 7.02. The van der Waals surface area contributed by atoms with Crippen LogP contribution < -0.4 is 14.8 Å². The van der Waals surface area contributed by atoms with E-state index in [1.54, 1.807) is 7.05 Å². The Morgan fingerprint density at radius 2 is 1.88 bits per heavy atom. The van der Waals surface area contributed by atoms with Crippen molar-refractivity contribution in [2.45, 2.75) is 39.4 Å². The minimum atomic E-state index is -0.348. The number of likely N-dealkylation sites (N-methyl/N-ethyl adjacent to an activating group) is 1. The maximum Gasteiger partial charge on any atom is 0.273 e. The molecule has 0 fully saturated rings. The van der Waals surface area contributed by atoms with Crippen LogP contribution in [-0.4, -0.2) is 44.2 Å². The first kappa shape index (κ1) is 23.1. The number of nitrogens with one attached hydrogen (secondary N) is 1. The number of fused-ring (bicyclic) bond motifs is 1. The van der Waals surface area contributed by atoms with E-state index < -0.39 is 0 Å². The maximum absolute atomic E-state index is 12.3. The molecule has 0 spiro atoms. The summed E-state index contributed by atoms with van der Waals surface area (Å²) in [6, 6.07) is 11.4. The van der Waals surface area contributed by atoms with Gasteiger partial charge in [0.1, 0.15) is 26.4 Å². The molecule has 1 N–H and O–H groups in total. The summed E-state index contributed by atoms with van der Waals surface area (Å²) in [5.41, 5.74) is 3.93. The summed E-state index contributed by atoms with van der Waals surface area (Å²) < 4.78 is 12.4. The average molecular weight is 440 g/mol. The Balaban J connectivity index is 1.97. The van der Waals surface area contributed by atoms with Gasteiger partial charge in [-0.25, -0.2) is 0 Å². The van der Waals surface area contributed by atoms with Gasteiger partial charge in [0.15, 0.2) is 17.2 Å². The highest BCUT2D eigenvalue weighted by atomic mass is 16.6. The van der Waals surface area contributed by atoms with Crippen molar-refractivity contribution in [1.29, 1.82) is 0 Å². The molecule has 0 aliphatic carbocycles. The second kappa shape index (κ2) is 9.72. The van der Waals surface area contributed by atoms with Crippen molar-refractivity contribution in [3.05, 3.63) is 58.7 Å². The molecule has 0 saturated heterocycles. The molecule has 0 atom stereocenters. The number of nitrogens with zero attached hydrogens (tertiary/aromatic N) is 2. The van der Waals surface area contributed by atoms with Crippen LogP contribution in [0, 0.1) is 0 Å². The molecule has 8 heteroatoms. The van der Waals surface area contributed by atoms with Crippen LogP contribution in [0.5, 0.6) is 11.5 Å². The standard InChI is InChI=1S/C24H29N3O5/c1-15(26-29-5)17-11-18-13-24(2,3)32-22(18)20(12-17)31-14-16-9-7-8-10-19(16)21(27-30-6)23(28)25-4/h7-12H,13-14H2,1-6H3,(H,25,28)/b26-15?,27-21+. The molecule has 0 bridgehead atoms. The van der Waals surface area contributed by atoms with Crippen molar-refractivity contribution in [3.8, 4) is 11.5 Å². The smallest absolute Gasteiger partial charge is 0.273 e. The number of oxime groups is 2. The van der Waals surface area contributed by atoms with E-state index in [2.05, 4.69) is 21.7 Å². The molecule has 1 heterocycles. The highest BCUT2D eigenvalue weighted by Gasteiger charge is 2.33. The van der Waals surface area contributed by atoms with Gasteiger partial charge in [0.2, 0.25) is 0 Å². The van der Waals surface area contributed by atoms with Crippen LogP contribution in [0.25, 0.3) is 0 Å². The fraction of sp³-hybridized carbons (Fsp3) is 0.375. The summed E-state index contributed by atoms with van der Waals surface area (Å²) in [6.07, 6.45) is 0.755. The lowest BCUT2D eigenvalue weighted by Gasteiger charge is -2.19. The molecule has 32 heavy (non-hydrogen) atoms. The predicted octanol–water partition coefficient (Wildman–Crippen LogP) is 3.45. The summed E-state index contributed by atoms with van der Waals surface area (Å²) in [5.74, 6) is 0.978.